The van der Waals surface area contributed by atoms with Crippen molar-refractivity contribution in [1.82, 2.24) is 21.3 Å². The van der Waals surface area contributed by atoms with Crippen molar-refractivity contribution in [3.63, 3.8) is 0 Å². The monoisotopic (exact) mass is 1320 g/mol. The van der Waals surface area contributed by atoms with Gasteiger partial charge >= 0.3 is 24.2 Å². The number of alkyl carbamates (subject to hydrolysis) is 1. The summed E-state index contributed by atoms with van der Waals surface area (Å²) in [7, 11) is 4.40. The minimum absolute atomic E-state index is 0.0519. The van der Waals surface area contributed by atoms with Gasteiger partial charge in [-0.05, 0) is 124 Å². The van der Waals surface area contributed by atoms with Crippen LogP contribution in [0, 0.1) is 11.8 Å². The average molecular weight is 1320 g/mol. The van der Waals surface area contributed by atoms with Gasteiger partial charge in [0.1, 0.15) is 52.4 Å². The predicted molar refractivity (Wildman–Crippen MR) is 323 cm³/mol. The van der Waals surface area contributed by atoms with Crippen molar-refractivity contribution < 1.29 is 71.9 Å². The van der Waals surface area contributed by atoms with Crippen molar-refractivity contribution in [1.29, 1.82) is 0 Å². The zero-order valence-corrected chi connectivity index (χ0v) is 53.0. The topological polar surface area (TPSA) is 317 Å². The van der Waals surface area contributed by atoms with Gasteiger partial charge in [0.05, 0.1) is 31.0 Å². The summed E-state index contributed by atoms with van der Waals surface area (Å²) in [6.07, 6.45) is 1.01. The molecule has 3 heterocycles. The first-order chi connectivity index (χ1) is 39.4. The Hall–Kier alpha value is -6.25. The van der Waals surface area contributed by atoms with E-state index in [4.69, 9.17) is 45.8 Å². The van der Waals surface area contributed by atoms with Crippen LogP contribution in [-0.4, -0.2) is 139 Å². The SMILES string of the molecule is C=C(CBr)C(=O)OC(C)(C)CCCCC(=O)N[C@H](C(=O)N[C@@H](CCCNC(N)=O)C(=O)Nc1ccc(NC(=O)O[C@H]2CC(=O)N(C)c3cc(cc(OC)c3Cl)C/C(C)=C/C=C/[C@@H](OC)[C@@]3(O)C[C@H](OC(=O)N3)[C@@H](C)[C@@H]3O[C@@]23C)c(Br)c1)C(C)C. The summed E-state index contributed by atoms with van der Waals surface area (Å²) in [4.78, 5) is 108. The number of epoxide rings is 1. The number of aliphatic hydroxyl groups is 1. The number of nitrogens with zero attached hydrogens (tertiary/aromatic N) is 1. The van der Waals surface area contributed by atoms with Gasteiger partial charge in [0.25, 0.3) is 0 Å². The predicted octanol–water partition coefficient (Wildman–Crippen LogP) is 7.98. The van der Waals surface area contributed by atoms with Crippen LogP contribution >= 0.6 is 43.5 Å². The number of unbranched alkanes of at least 4 members (excludes halogenated alkanes) is 1. The Morgan fingerprint density at radius 1 is 1.05 bits per heavy atom. The average Bonchev–Trinajstić information content (AvgIpc) is 1.73. The number of urea groups is 1. The van der Waals surface area contributed by atoms with Crippen molar-refractivity contribution >= 4 is 108 Å². The molecule has 0 unspecified atom stereocenters. The molecule has 3 aliphatic rings. The molecule has 0 radical (unpaired) electrons. The molecular weight excluding hydrogens is 1240 g/mol. The fourth-order valence-electron chi connectivity index (χ4n) is 9.89. The number of ether oxygens (including phenoxy) is 6. The molecule has 8 amide bonds. The largest absolute Gasteiger partial charge is 0.495 e. The Morgan fingerprint density at radius 2 is 1.76 bits per heavy atom. The van der Waals surface area contributed by atoms with Crippen molar-refractivity contribution in [2.45, 2.75) is 160 Å². The number of carbonyl (C=O) groups is 8. The van der Waals surface area contributed by atoms with Crippen LogP contribution < -0.4 is 47.3 Å². The molecule has 84 heavy (non-hydrogen) atoms. The zero-order chi connectivity index (χ0) is 62.4. The summed E-state index contributed by atoms with van der Waals surface area (Å²) in [6, 6.07) is 5.02. The highest BCUT2D eigenvalue weighted by molar-refractivity contribution is 9.10. The van der Waals surface area contributed by atoms with E-state index in [2.05, 4.69) is 70.3 Å². The van der Waals surface area contributed by atoms with Gasteiger partial charge in [0, 0.05) is 60.5 Å². The van der Waals surface area contributed by atoms with E-state index in [0.717, 1.165) is 11.1 Å². The van der Waals surface area contributed by atoms with Crippen molar-refractivity contribution in [3.8, 4) is 5.75 Å². The fourth-order valence-corrected chi connectivity index (χ4v) is 10.9. The normalized spacial score (nSPS) is 24.2. The second kappa shape index (κ2) is 30.2. The van der Waals surface area contributed by atoms with Gasteiger partial charge in [-0.15, -0.1) is 0 Å². The summed E-state index contributed by atoms with van der Waals surface area (Å²) in [6.45, 7) is 16.1. The molecule has 2 saturated heterocycles. The number of hydrogen-bond donors (Lipinski definition) is 8. The van der Waals surface area contributed by atoms with Crippen molar-refractivity contribution in [2.24, 2.45) is 17.6 Å². The van der Waals surface area contributed by atoms with E-state index in [1.807, 2.05) is 13.0 Å². The lowest BCUT2D eigenvalue weighted by Crippen LogP contribution is -2.63. The van der Waals surface area contributed by atoms with Crippen LogP contribution in [0.1, 0.15) is 105 Å². The van der Waals surface area contributed by atoms with Crippen LogP contribution in [0.5, 0.6) is 5.75 Å². The lowest BCUT2D eigenvalue weighted by Gasteiger charge is -2.42. The van der Waals surface area contributed by atoms with Crippen LogP contribution in [0.3, 0.4) is 0 Å². The highest BCUT2D eigenvalue weighted by Crippen LogP contribution is 2.49. The number of primary amides is 1. The number of amides is 8. The molecule has 3 aliphatic heterocycles. The maximum absolute atomic E-state index is 14.4. The number of carbonyl (C=O) groups excluding carboxylic acids is 8. The third-order valence-electron chi connectivity index (χ3n) is 14.8. The minimum Gasteiger partial charge on any atom is -0.495 e. The molecule has 26 heteroatoms. The van der Waals surface area contributed by atoms with Gasteiger partial charge in [0.2, 0.25) is 23.6 Å². The number of hydrogen-bond acceptors (Lipinski definition) is 15. The molecular formula is C58H79Br2ClN8O15. The first kappa shape index (κ1) is 68.5. The quantitative estimate of drug-likeness (QED) is 0.0138. The fraction of sp³-hybridized carbons (Fsp3) is 0.552. The number of anilines is 3. The second-order valence-electron chi connectivity index (χ2n) is 22.4. The van der Waals surface area contributed by atoms with Crippen LogP contribution in [0.2, 0.25) is 5.02 Å². The molecule has 2 aromatic rings. The molecule has 0 spiro atoms. The van der Waals surface area contributed by atoms with E-state index in [9.17, 15) is 43.5 Å². The van der Waals surface area contributed by atoms with E-state index < -0.39 is 114 Å². The maximum atomic E-state index is 14.4. The van der Waals surface area contributed by atoms with Crippen molar-refractivity contribution in [3.05, 3.63) is 81.3 Å². The number of methoxy groups -OCH3 is 2. The second-order valence-corrected chi connectivity index (χ2v) is 24.2. The first-order valence-corrected chi connectivity index (χ1v) is 29.8. The summed E-state index contributed by atoms with van der Waals surface area (Å²) in [5.74, 6) is -3.37. The number of benzene rings is 2. The number of fused-ring (bicyclic) bond motifs is 5. The van der Waals surface area contributed by atoms with Crippen LogP contribution in [0.4, 0.5) is 31.4 Å². The molecule has 462 valence electrons. The molecule has 23 nitrogen and oxygen atoms in total. The lowest BCUT2D eigenvalue weighted by atomic mass is 9.83. The number of allylic oxidation sites excluding steroid dienone is 3. The highest BCUT2D eigenvalue weighted by atomic mass is 79.9. The Bertz CT molecular complexity index is 2850. The third-order valence-corrected chi connectivity index (χ3v) is 16.5. The third kappa shape index (κ3) is 18.9. The summed E-state index contributed by atoms with van der Waals surface area (Å²) >= 11 is 13.5. The molecule has 0 aromatic heterocycles. The zero-order valence-electron chi connectivity index (χ0n) is 49.0. The molecule has 9 N–H and O–H groups in total. The lowest BCUT2D eigenvalue weighted by molar-refractivity contribution is -0.152. The van der Waals surface area contributed by atoms with Crippen LogP contribution in [0.25, 0.3) is 0 Å². The number of esters is 1. The Morgan fingerprint density at radius 3 is 2.40 bits per heavy atom. The van der Waals surface area contributed by atoms with Gasteiger partial charge in [0.15, 0.2) is 5.72 Å². The van der Waals surface area contributed by atoms with Gasteiger partial charge in [-0.2, -0.15) is 0 Å². The highest BCUT2D eigenvalue weighted by Gasteiger charge is 2.64. The number of alkyl halides is 1. The van der Waals surface area contributed by atoms with Gasteiger partial charge in [-0.1, -0.05) is 78.7 Å². The molecule has 5 rings (SSSR count). The molecule has 4 bridgehead atoms. The van der Waals surface area contributed by atoms with Crippen molar-refractivity contribution in [2.75, 3.05) is 48.7 Å². The molecule has 0 aliphatic carbocycles. The summed E-state index contributed by atoms with van der Waals surface area (Å²) in [5.41, 5.74) is 3.90. The maximum Gasteiger partial charge on any atom is 0.412 e. The first-order valence-electron chi connectivity index (χ1n) is 27.5. The van der Waals surface area contributed by atoms with E-state index in [0.29, 0.717) is 37.1 Å². The molecule has 2 fully saturated rings. The molecule has 0 saturated carbocycles. The van der Waals surface area contributed by atoms with E-state index in [-0.39, 0.29) is 69.9 Å². The van der Waals surface area contributed by atoms with Gasteiger partial charge in [-0.3, -0.25) is 29.8 Å². The number of rotatable bonds is 22. The van der Waals surface area contributed by atoms with Gasteiger partial charge < -0.3 is 65.4 Å². The smallest absolute Gasteiger partial charge is 0.412 e. The van der Waals surface area contributed by atoms with Gasteiger partial charge in [-0.25, -0.2) is 19.2 Å². The minimum atomic E-state index is -1.90. The molecule has 2 aromatic carbocycles. The standard InChI is InChI=1S/C58H79Br2ClN8O15/c1-31(2)48(67-45(70)19-12-13-22-56(6,7)84-52(74)33(4)30-59)51(73)65-39(17-15-23-63-53(62)75)50(72)64-36-20-21-38(37(60)27-36)66-54(76)82-44-28-46(71)69(9)40-25-35(26-41(79-10)47(40)61)24-32(3)16-14-18-43(80-11)58(78)29-42(81-55(77)68-58)34(5)49-57(44,8)83-49/h14,16,18,20-21,25-27,31,34,39,42-44,48-49,78H,4,12-13,15,17,19,22-24,28-30H2,1-3,5-11H3,(H,64,72)(H,65,73)(H,66,76)(H,67,70)(H,68,77)(H3,62,63,75)/b18-14+,32-16+/t34-,39+,42+,43-,44+,48+,49+,57+,58+/m1/s1. The number of nitrogens with one attached hydrogen (secondary N) is 6. The Labute approximate surface area is 511 Å². The van der Waals surface area contributed by atoms with E-state index in [1.54, 1.807) is 65.8 Å². The Kier molecular flexibility index (Phi) is 24.6. The van der Waals surface area contributed by atoms with Crippen LogP contribution in [0.15, 0.2) is 70.8 Å². The number of nitrogens with two attached hydrogens (primary N) is 1. The molecule has 9 atom stereocenters. The Balaban J connectivity index is 1.32. The summed E-state index contributed by atoms with van der Waals surface area (Å²) in [5, 5.41) is 28.3. The van der Waals surface area contributed by atoms with E-state index in [1.165, 1.54) is 44.4 Å². The van der Waals surface area contributed by atoms with Crippen LogP contribution in [-0.2, 0) is 54.1 Å². The van der Waals surface area contributed by atoms with E-state index >= 15 is 0 Å². The number of halogens is 3. The summed E-state index contributed by atoms with van der Waals surface area (Å²) < 4.78 is 35.3.